The van der Waals surface area contributed by atoms with E-state index in [1.54, 1.807) is 0 Å². The molecule has 0 bridgehead atoms. The highest BCUT2D eigenvalue weighted by atomic mass is 32.2. The highest BCUT2D eigenvalue weighted by Gasteiger charge is 2.36. The Morgan fingerprint density at radius 2 is 2.25 bits per heavy atom. The van der Waals surface area contributed by atoms with Crippen molar-refractivity contribution in [1.29, 1.82) is 0 Å². The molecule has 3 rings (SSSR count). The molecule has 2 N–H and O–H groups in total. The number of aliphatic hydroxyl groups is 1. The Balaban J connectivity index is 1.42. The molecule has 2 unspecified atom stereocenters. The van der Waals surface area contributed by atoms with Crippen LogP contribution in [0.1, 0.15) is 25.7 Å². The lowest BCUT2D eigenvalue weighted by atomic mass is 10.0. The van der Waals surface area contributed by atoms with Gasteiger partial charge in [-0.1, -0.05) is 0 Å². The molecular formula is C12H22N2OS. The summed E-state index contributed by atoms with van der Waals surface area (Å²) >= 11 is 1.88. The van der Waals surface area contributed by atoms with Crippen molar-refractivity contribution in [2.75, 3.05) is 31.1 Å². The van der Waals surface area contributed by atoms with Gasteiger partial charge in [-0.2, -0.15) is 11.8 Å². The largest absolute Gasteiger partial charge is 0.388 e. The van der Waals surface area contributed by atoms with Crippen LogP contribution in [0, 0.1) is 0 Å². The second-order valence-corrected chi connectivity index (χ2v) is 6.72. The lowest BCUT2D eigenvalue weighted by molar-refractivity contribution is 0.0648. The molecule has 0 radical (unpaired) electrons. The van der Waals surface area contributed by atoms with Gasteiger partial charge >= 0.3 is 0 Å². The van der Waals surface area contributed by atoms with Gasteiger partial charge in [-0.05, 0) is 31.4 Å². The normalized spacial score (nSPS) is 40.7. The lowest BCUT2D eigenvalue weighted by Crippen LogP contribution is -2.45. The fourth-order valence-electron chi connectivity index (χ4n) is 2.80. The summed E-state index contributed by atoms with van der Waals surface area (Å²) in [5.41, 5.74) is -0.419. The van der Waals surface area contributed by atoms with Gasteiger partial charge in [0.25, 0.3) is 0 Å². The standard InChI is InChI=1S/C12H22N2OS/c15-12(4-6-16-9-12)8-13-10-3-5-14(7-10)11-1-2-11/h10-11,13,15H,1-9H2. The van der Waals surface area contributed by atoms with E-state index in [0.717, 1.165) is 30.5 Å². The van der Waals surface area contributed by atoms with Gasteiger partial charge in [0.2, 0.25) is 0 Å². The van der Waals surface area contributed by atoms with E-state index < -0.39 is 5.60 Å². The van der Waals surface area contributed by atoms with Crippen LogP contribution in [-0.4, -0.2) is 58.8 Å². The molecule has 3 fully saturated rings. The third-order valence-electron chi connectivity index (χ3n) is 4.09. The first-order valence-electron chi connectivity index (χ1n) is 6.53. The molecule has 2 heterocycles. The van der Waals surface area contributed by atoms with Crippen LogP contribution in [-0.2, 0) is 0 Å². The molecular weight excluding hydrogens is 220 g/mol. The van der Waals surface area contributed by atoms with Gasteiger partial charge in [-0.15, -0.1) is 0 Å². The molecule has 0 aromatic heterocycles. The van der Waals surface area contributed by atoms with Crippen LogP contribution < -0.4 is 5.32 Å². The zero-order valence-electron chi connectivity index (χ0n) is 9.82. The van der Waals surface area contributed by atoms with Crippen LogP contribution in [0.25, 0.3) is 0 Å². The summed E-state index contributed by atoms with van der Waals surface area (Å²) in [5, 5.41) is 13.8. The van der Waals surface area contributed by atoms with E-state index in [1.165, 1.54) is 32.4 Å². The van der Waals surface area contributed by atoms with E-state index in [0.29, 0.717) is 6.04 Å². The molecule has 3 nitrogen and oxygen atoms in total. The van der Waals surface area contributed by atoms with E-state index >= 15 is 0 Å². The zero-order chi connectivity index (χ0) is 11.0. The Kier molecular flexibility index (Phi) is 3.17. The van der Waals surface area contributed by atoms with Gasteiger partial charge in [-0.25, -0.2) is 0 Å². The van der Waals surface area contributed by atoms with Gasteiger partial charge in [0, 0.05) is 37.5 Å². The first-order valence-corrected chi connectivity index (χ1v) is 7.68. The van der Waals surface area contributed by atoms with Crippen molar-refractivity contribution in [1.82, 2.24) is 10.2 Å². The first-order chi connectivity index (χ1) is 7.75. The third kappa shape index (κ3) is 2.55. The van der Waals surface area contributed by atoms with Crippen molar-refractivity contribution in [3.8, 4) is 0 Å². The minimum absolute atomic E-state index is 0.419. The first kappa shape index (κ1) is 11.3. The van der Waals surface area contributed by atoms with Crippen molar-refractivity contribution in [2.45, 2.75) is 43.4 Å². The van der Waals surface area contributed by atoms with Gasteiger partial charge in [0.15, 0.2) is 0 Å². The molecule has 16 heavy (non-hydrogen) atoms. The molecule has 2 saturated heterocycles. The van der Waals surface area contributed by atoms with Gasteiger partial charge < -0.3 is 10.4 Å². The maximum Gasteiger partial charge on any atom is 0.0869 e. The van der Waals surface area contributed by atoms with E-state index in [-0.39, 0.29) is 0 Å². The zero-order valence-corrected chi connectivity index (χ0v) is 10.6. The van der Waals surface area contributed by atoms with Crippen molar-refractivity contribution in [3.05, 3.63) is 0 Å². The van der Waals surface area contributed by atoms with Gasteiger partial charge in [0.1, 0.15) is 0 Å². The summed E-state index contributed by atoms with van der Waals surface area (Å²) in [6, 6.07) is 1.52. The Bertz CT molecular complexity index is 251. The van der Waals surface area contributed by atoms with Crippen molar-refractivity contribution < 1.29 is 5.11 Å². The molecule has 0 spiro atoms. The van der Waals surface area contributed by atoms with Crippen LogP contribution in [0.2, 0.25) is 0 Å². The molecule has 3 aliphatic rings. The van der Waals surface area contributed by atoms with E-state index in [1.807, 2.05) is 11.8 Å². The summed E-state index contributed by atoms with van der Waals surface area (Å²) in [5.74, 6) is 2.04. The average Bonchev–Trinajstić information content (AvgIpc) is 2.87. The van der Waals surface area contributed by atoms with Gasteiger partial charge in [-0.3, -0.25) is 4.90 Å². The molecule has 4 heteroatoms. The number of thioether (sulfide) groups is 1. The minimum atomic E-state index is -0.419. The molecule has 0 amide bonds. The summed E-state index contributed by atoms with van der Waals surface area (Å²) in [6.07, 6.45) is 5.05. The smallest absolute Gasteiger partial charge is 0.0869 e. The topological polar surface area (TPSA) is 35.5 Å². The maximum absolute atomic E-state index is 10.2. The fourth-order valence-corrected chi connectivity index (χ4v) is 4.09. The lowest BCUT2D eigenvalue weighted by Gasteiger charge is -2.24. The van der Waals surface area contributed by atoms with E-state index in [2.05, 4.69) is 10.2 Å². The summed E-state index contributed by atoms with van der Waals surface area (Å²) in [6.45, 7) is 3.26. The Hall–Kier alpha value is 0.230. The van der Waals surface area contributed by atoms with Crippen LogP contribution in [0.4, 0.5) is 0 Å². The molecule has 0 aromatic rings. The second kappa shape index (κ2) is 4.48. The van der Waals surface area contributed by atoms with Crippen LogP contribution >= 0.6 is 11.8 Å². The number of hydrogen-bond acceptors (Lipinski definition) is 4. The molecule has 2 atom stereocenters. The number of nitrogens with one attached hydrogen (secondary N) is 1. The minimum Gasteiger partial charge on any atom is -0.388 e. The third-order valence-corrected chi connectivity index (χ3v) is 5.32. The molecule has 1 saturated carbocycles. The Morgan fingerprint density at radius 3 is 2.94 bits per heavy atom. The average molecular weight is 242 g/mol. The molecule has 2 aliphatic heterocycles. The highest BCUT2D eigenvalue weighted by Crippen LogP contribution is 2.30. The monoisotopic (exact) mass is 242 g/mol. The molecule has 0 aromatic carbocycles. The van der Waals surface area contributed by atoms with Crippen molar-refractivity contribution in [2.24, 2.45) is 0 Å². The second-order valence-electron chi connectivity index (χ2n) is 5.62. The Labute approximate surface area is 102 Å². The summed E-state index contributed by atoms with van der Waals surface area (Å²) in [4.78, 5) is 2.62. The van der Waals surface area contributed by atoms with E-state index in [4.69, 9.17) is 0 Å². The van der Waals surface area contributed by atoms with Crippen molar-refractivity contribution in [3.63, 3.8) is 0 Å². The number of rotatable bonds is 4. The van der Waals surface area contributed by atoms with Crippen LogP contribution in [0.3, 0.4) is 0 Å². The van der Waals surface area contributed by atoms with Crippen molar-refractivity contribution >= 4 is 11.8 Å². The van der Waals surface area contributed by atoms with E-state index in [9.17, 15) is 5.11 Å². The molecule has 92 valence electrons. The number of likely N-dealkylation sites (tertiary alicyclic amines) is 1. The Morgan fingerprint density at radius 1 is 1.38 bits per heavy atom. The van der Waals surface area contributed by atoms with Crippen LogP contribution in [0.5, 0.6) is 0 Å². The molecule has 1 aliphatic carbocycles. The van der Waals surface area contributed by atoms with Gasteiger partial charge in [0.05, 0.1) is 5.60 Å². The number of nitrogens with zero attached hydrogens (tertiary/aromatic N) is 1. The summed E-state index contributed by atoms with van der Waals surface area (Å²) in [7, 11) is 0. The number of hydrogen-bond donors (Lipinski definition) is 2. The maximum atomic E-state index is 10.2. The summed E-state index contributed by atoms with van der Waals surface area (Å²) < 4.78 is 0. The quantitative estimate of drug-likeness (QED) is 0.760. The predicted octanol–water partition coefficient (Wildman–Crippen LogP) is 0.681. The van der Waals surface area contributed by atoms with Crippen LogP contribution in [0.15, 0.2) is 0 Å². The SMILES string of the molecule is OC1(CNC2CCN(C3CC3)C2)CCSC1. The fraction of sp³-hybridized carbons (Fsp3) is 1.00. The highest BCUT2D eigenvalue weighted by molar-refractivity contribution is 7.99. The predicted molar refractivity (Wildman–Crippen MR) is 67.9 cm³/mol.